The molecule has 0 spiro atoms. The molecule has 1 rings (SSSR count). The van der Waals surface area contributed by atoms with Gasteiger partial charge in [-0.25, -0.2) is 9.78 Å². The van der Waals surface area contributed by atoms with Crippen LogP contribution in [0.25, 0.3) is 0 Å². The van der Waals surface area contributed by atoms with Crippen molar-refractivity contribution in [3.63, 3.8) is 0 Å². The number of hydrogen-bond donors (Lipinski definition) is 2. The number of hydrogen-bond acceptors (Lipinski definition) is 3. The number of aromatic nitrogens is 1. The minimum Gasteiger partial charge on any atom is -0.480 e. The third kappa shape index (κ3) is 2.93. The van der Waals surface area contributed by atoms with Gasteiger partial charge in [0.2, 0.25) is 0 Å². The van der Waals surface area contributed by atoms with Gasteiger partial charge in [-0.1, -0.05) is 11.6 Å². The Morgan fingerprint density at radius 1 is 1.44 bits per heavy atom. The summed E-state index contributed by atoms with van der Waals surface area (Å²) >= 11 is 5.61. The van der Waals surface area contributed by atoms with Crippen molar-refractivity contribution in [1.82, 2.24) is 10.3 Å². The fraction of sp³-hybridized carbons (Fsp3) is 0.300. The van der Waals surface area contributed by atoms with Crippen molar-refractivity contribution in [2.75, 3.05) is 0 Å². The summed E-state index contributed by atoms with van der Waals surface area (Å²) in [5.41, 5.74) is -1.21. The van der Waals surface area contributed by atoms with Crippen LogP contribution in [0.15, 0.2) is 18.3 Å². The molecule has 6 heteroatoms. The van der Waals surface area contributed by atoms with Gasteiger partial charge < -0.3 is 10.4 Å². The molecule has 86 valence electrons. The first-order valence-corrected chi connectivity index (χ1v) is 4.88. The molecule has 1 amide bonds. The number of carbonyl (C=O) groups excluding carboxylic acids is 1. The van der Waals surface area contributed by atoms with E-state index in [4.69, 9.17) is 16.7 Å². The number of nitrogens with one attached hydrogen (secondary N) is 1. The number of carboxylic acid groups (broad SMARTS) is 1. The van der Waals surface area contributed by atoms with Crippen molar-refractivity contribution in [1.29, 1.82) is 0 Å². The first-order chi connectivity index (χ1) is 7.33. The van der Waals surface area contributed by atoms with Crippen LogP contribution < -0.4 is 5.32 Å². The molecule has 0 aliphatic heterocycles. The molecular weight excluding hydrogens is 232 g/mol. The molecule has 0 atom stereocenters. The number of amides is 1. The Bertz CT molecular complexity index is 415. The summed E-state index contributed by atoms with van der Waals surface area (Å²) in [7, 11) is 0. The van der Waals surface area contributed by atoms with Crippen molar-refractivity contribution in [3.05, 3.63) is 29.0 Å². The minimum absolute atomic E-state index is 0.124. The van der Waals surface area contributed by atoms with E-state index < -0.39 is 17.4 Å². The minimum atomic E-state index is -1.33. The number of nitrogens with zero attached hydrogens (tertiary/aromatic N) is 1. The molecule has 0 saturated carbocycles. The molecule has 0 aliphatic rings. The zero-order valence-corrected chi connectivity index (χ0v) is 9.58. The second-order valence-electron chi connectivity index (χ2n) is 3.75. The van der Waals surface area contributed by atoms with Gasteiger partial charge in [0.05, 0.1) is 5.02 Å². The fourth-order valence-electron chi connectivity index (χ4n) is 0.911. The normalized spacial score (nSPS) is 10.9. The molecule has 1 aromatic rings. The summed E-state index contributed by atoms with van der Waals surface area (Å²) in [5.74, 6) is -1.67. The SMILES string of the molecule is CC(C)(NC(=O)c1ccc(Cl)cn1)C(=O)O. The summed E-state index contributed by atoms with van der Waals surface area (Å²) in [5, 5.41) is 11.6. The largest absolute Gasteiger partial charge is 0.480 e. The van der Waals surface area contributed by atoms with E-state index in [9.17, 15) is 9.59 Å². The maximum absolute atomic E-state index is 11.6. The number of carbonyl (C=O) groups is 2. The second kappa shape index (κ2) is 4.49. The molecule has 2 N–H and O–H groups in total. The molecule has 0 bridgehead atoms. The third-order valence-electron chi connectivity index (χ3n) is 1.92. The Labute approximate surface area is 97.4 Å². The Morgan fingerprint density at radius 3 is 2.50 bits per heavy atom. The van der Waals surface area contributed by atoms with Gasteiger partial charge in [0.1, 0.15) is 11.2 Å². The van der Waals surface area contributed by atoms with E-state index in [1.165, 1.54) is 32.2 Å². The summed E-state index contributed by atoms with van der Waals surface area (Å²) in [4.78, 5) is 26.2. The van der Waals surface area contributed by atoms with Crippen LogP contribution in [0.4, 0.5) is 0 Å². The predicted octanol–water partition coefficient (Wildman–Crippen LogP) is 1.33. The molecular formula is C10H11ClN2O3. The quantitative estimate of drug-likeness (QED) is 0.838. The van der Waals surface area contributed by atoms with Gasteiger partial charge in [-0.3, -0.25) is 4.79 Å². The zero-order chi connectivity index (χ0) is 12.3. The highest BCUT2D eigenvalue weighted by Gasteiger charge is 2.29. The van der Waals surface area contributed by atoms with E-state index >= 15 is 0 Å². The zero-order valence-electron chi connectivity index (χ0n) is 8.82. The number of halogens is 1. The molecule has 0 unspecified atom stereocenters. The summed E-state index contributed by atoms with van der Waals surface area (Å²) in [6, 6.07) is 2.94. The van der Waals surface area contributed by atoms with Crippen molar-refractivity contribution < 1.29 is 14.7 Å². The van der Waals surface area contributed by atoms with Gasteiger partial charge >= 0.3 is 5.97 Å². The highest BCUT2D eigenvalue weighted by atomic mass is 35.5. The van der Waals surface area contributed by atoms with E-state index in [1.54, 1.807) is 0 Å². The molecule has 5 nitrogen and oxygen atoms in total. The lowest BCUT2D eigenvalue weighted by atomic mass is 10.1. The van der Waals surface area contributed by atoms with E-state index in [0.717, 1.165) is 0 Å². The lowest BCUT2D eigenvalue weighted by Crippen LogP contribution is -2.49. The van der Waals surface area contributed by atoms with Crippen LogP contribution in [-0.4, -0.2) is 27.5 Å². The Kier molecular flexibility index (Phi) is 3.49. The molecule has 1 aromatic heterocycles. The predicted molar refractivity (Wildman–Crippen MR) is 58.4 cm³/mol. The maximum Gasteiger partial charge on any atom is 0.328 e. The van der Waals surface area contributed by atoms with Gasteiger partial charge in [0, 0.05) is 6.20 Å². The van der Waals surface area contributed by atoms with Crippen LogP contribution in [0.2, 0.25) is 5.02 Å². The molecule has 1 heterocycles. The first-order valence-electron chi connectivity index (χ1n) is 4.50. The van der Waals surface area contributed by atoms with Crippen molar-refractivity contribution in [3.8, 4) is 0 Å². The van der Waals surface area contributed by atoms with E-state index in [1.807, 2.05) is 0 Å². The van der Waals surface area contributed by atoms with Crippen molar-refractivity contribution in [2.24, 2.45) is 0 Å². The van der Waals surface area contributed by atoms with Gasteiger partial charge in [0.25, 0.3) is 5.91 Å². The first kappa shape index (κ1) is 12.4. The number of aliphatic carboxylic acids is 1. The van der Waals surface area contributed by atoms with Crippen molar-refractivity contribution >= 4 is 23.5 Å². The van der Waals surface area contributed by atoms with Gasteiger partial charge in [-0.15, -0.1) is 0 Å². The summed E-state index contributed by atoms with van der Waals surface area (Å²) in [6.07, 6.45) is 1.32. The van der Waals surface area contributed by atoms with Crippen LogP contribution >= 0.6 is 11.6 Å². The van der Waals surface area contributed by atoms with Crippen molar-refractivity contribution in [2.45, 2.75) is 19.4 Å². The van der Waals surface area contributed by atoms with Crippen LogP contribution in [0.5, 0.6) is 0 Å². The highest BCUT2D eigenvalue weighted by Crippen LogP contribution is 2.08. The molecule has 16 heavy (non-hydrogen) atoms. The Balaban J connectivity index is 2.81. The summed E-state index contributed by atoms with van der Waals surface area (Å²) in [6.45, 7) is 2.78. The molecule has 0 aromatic carbocycles. The number of pyridine rings is 1. The lowest BCUT2D eigenvalue weighted by Gasteiger charge is -2.20. The Hall–Kier alpha value is -1.62. The van der Waals surface area contributed by atoms with Crippen LogP contribution in [-0.2, 0) is 4.79 Å². The molecule has 0 fully saturated rings. The number of rotatable bonds is 3. The van der Waals surface area contributed by atoms with Gasteiger partial charge in [-0.05, 0) is 26.0 Å². The van der Waals surface area contributed by atoms with Crippen LogP contribution in [0.1, 0.15) is 24.3 Å². The topological polar surface area (TPSA) is 79.3 Å². The van der Waals surface area contributed by atoms with E-state index in [2.05, 4.69) is 10.3 Å². The van der Waals surface area contributed by atoms with Crippen LogP contribution in [0, 0.1) is 0 Å². The molecule has 0 radical (unpaired) electrons. The standard InChI is InChI=1S/C10H11ClN2O3/c1-10(2,9(15)16)13-8(14)7-4-3-6(11)5-12-7/h3-5H,1-2H3,(H,13,14)(H,15,16). The lowest BCUT2D eigenvalue weighted by molar-refractivity contribution is -0.143. The molecule has 0 aliphatic carbocycles. The Morgan fingerprint density at radius 2 is 2.06 bits per heavy atom. The third-order valence-corrected chi connectivity index (χ3v) is 2.14. The van der Waals surface area contributed by atoms with Gasteiger partial charge in [-0.2, -0.15) is 0 Å². The average molecular weight is 243 g/mol. The fourth-order valence-corrected chi connectivity index (χ4v) is 1.02. The van der Waals surface area contributed by atoms with Gasteiger partial charge in [0.15, 0.2) is 0 Å². The highest BCUT2D eigenvalue weighted by molar-refractivity contribution is 6.30. The van der Waals surface area contributed by atoms with E-state index in [0.29, 0.717) is 5.02 Å². The monoisotopic (exact) mass is 242 g/mol. The smallest absolute Gasteiger partial charge is 0.328 e. The van der Waals surface area contributed by atoms with E-state index in [-0.39, 0.29) is 5.69 Å². The average Bonchev–Trinajstić information content (AvgIpc) is 2.17. The van der Waals surface area contributed by atoms with Crippen LogP contribution in [0.3, 0.4) is 0 Å². The summed E-state index contributed by atoms with van der Waals surface area (Å²) < 4.78 is 0. The maximum atomic E-state index is 11.6. The number of carboxylic acids is 1. The molecule has 0 saturated heterocycles. The second-order valence-corrected chi connectivity index (χ2v) is 4.18.